The topological polar surface area (TPSA) is 35.8 Å². The van der Waals surface area contributed by atoms with Crippen molar-refractivity contribution in [3.05, 3.63) is 0 Å². The van der Waals surface area contributed by atoms with Crippen molar-refractivity contribution in [2.24, 2.45) is 10.6 Å². The van der Waals surface area contributed by atoms with Gasteiger partial charge >= 0.3 is 0 Å². The lowest BCUT2D eigenvalue weighted by atomic mass is 9.94. The van der Waals surface area contributed by atoms with Crippen molar-refractivity contribution in [1.29, 1.82) is 0 Å². The van der Waals surface area contributed by atoms with Crippen LogP contribution in [-0.2, 0) is 0 Å². The van der Waals surface area contributed by atoms with Crippen molar-refractivity contribution in [2.75, 3.05) is 14.1 Å². The molecule has 0 amide bonds. The van der Waals surface area contributed by atoms with Crippen molar-refractivity contribution in [1.82, 2.24) is 4.90 Å². The van der Waals surface area contributed by atoms with Crippen LogP contribution in [0.2, 0.25) is 0 Å². The first-order valence-electron chi connectivity index (χ1n) is 3.29. The van der Waals surface area contributed by atoms with Gasteiger partial charge in [0.15, 0.2) is 0 Å². The normalized spacial score (nSPS) is 13.5. The van der Waals surface area contributed by atoms with Crippen LogP contribution >= 0.6 is 0 Å². The number of oxime groups is 1. The summed E-state index contributed by atoms with van der Waals surface area (Å²) < 4.78 is 0. The molecule has 0 bridgehead atoms. The third-order valence-electron chi connectivity index (χ3n) is 1.19. The van der Waals surface area contributed by atoms with Gasteiger partial charge in [0.1, 0.15) is 5.84 Å². The Hall–Kier alpha value is -0.730. The summed E-state index contributed by atoms with van der Waals surface area (Å²) in [5.41, 5.74) is -0.0851. The highest BCUT2D eigenvalue weighted by Gasteiger charge is 2.20. The van der Waals surface area contributed by atoms with E-state index in [1.807, 2.05) is 34.9 Å². The highest BCUT2D eigenvalue weighted by molar-refractivity contribution is 5.86. The predicted molar refractivity (Wildman–Crippen MR) is 42.4 cm³/mol. The zero-order valence-corrected chi connectivity index (χ0v) is 7.34. The van der Waals surface area contributed by atoms with Crippen LogP contribution in [0.15, 0.2) is 5.16 Å². The van der Waals surface area contributed by atoms with Crippen LogP contribution in [0.5, 0.6) is 0 Å². The van der Waals surface area contributed by atoms with Gasteiger partial charge in [0.25, 0.3) is 0 Å². The molecule has 0 aliphatic carbocycles. The van der Waals surface area contributed by atoms with Gasteiger partial charge in [-0.1, -0.05) is 25.9 Å². The lowest BCUT2D eigenvalue weighted by Crippen LogP contribution is -2.34. The smallest absolute Gasteiger partial charge is 0.149 e. The van der Waals surface area contributed by atoms with E-state index in [1.54, 1.807) is 4.90 Å². The maximum absolute atomic E-state index is 8.58. The van der Waals surface area contributed by atoms with Gasteiger partial charge < -0.3 is 10.1 Å². The number of nitrogens with zero attached hydrogens (tertiary/aromatic N) is 2. The molecule has 3 heteroatoms. The fourth-order valence-corrected chi connectivity index (χ4v) is 0.910. The molecule has 0 saturated carbocycles. The summed E-state index contributed by atoms with van der Waals surface area (Å²) in [6.45, 7) is 6.01. The molecule has 0 aromatic heterocycles. The SMILES string of the molecule is CN(C)C(=NO)C(C)(C)C. The summed E-state index contributed by atoms with van der Waals surface area (Å²) in [5.74, 6) is 0.688. The van der Waals surface area contributed by atoms with E-state index in [0.717, 1.165) is 0 Å². The lowest BCUT2D eigenvalue weighted by molar-refractivity contribution is 0.295. The first kappa shape index (κ1) is 9.27. The van der Waals surface area contributed by atoms with E-state index in [9.17, 15) is 0 Å². The molecular formula is C7H16N2O. The van der Waals surface area contributed by atoms with E-state index >= 15 is 0 Å². The highest BCUT2D eigenvalue weighted by atomic mass is 16.4. The molecule has 60 valence electrons. The molecule has 0 spiro atoms. The fraction of sp³-hybridized carbons (Fsp3) is 0.857. The van der Waals surface area contributed by atoms with Crippen LogP contribution in [0, 0.1) is 5.41 Å². The van der Waals surface area contributed by atoms with Crippen LogP contribution in [0.1, 0.15) is 20.8 Å². The summed E-state index contributed by atoms with van der Waals surface area (Å²) in [4.78, 5) is 1.81. The summed E-state index contributed by atoms with van der Waals surface area (Å²) in [5, 5.41) is 11.8. The second-order valence-electron chi connectivity index (χ2n) is 3.57. The van der Waals surface area contributed by atoms with E-state index in [0.29, 0.717) is 5.84 Å². The molecule has 0 aromatic rings. The molecule has 10 heavy (non-hydrogen) atoms. The van der Waals surface area contributed by atoms with Crippen molar-refractivity contribution < 1.29 is 5.21 Å². The maximum atomic E-state index is 8.58. The zero-order chi connectivity index (χ0) is 8.36. The number of hydrogen-bond donors (Lipinski definition) is 1. The third-order valence-corrected chi connectivity index (χ3v) is 1.19. The standard InChI is InChI=1S/C7H16N2O/c1-7(2,3)6(8-10)9(4)5/h10H,1-5H3. The minimum atomic E-state index is -0.0851. The molecule has 0 fully saturated rings. The molecule has 0 unspecified atom stereocenters. The Morgan fingerprint density at radius 3 is 1.70 bits per heavy atom. The minimum absolute atomic E-state index is 0.0851. The third kappa shape index (κ3) is 2.25. The van der Waals surface area contributed by atoms with Gasteiger partial charge in [-0.2, -0.15) is 0 Å². The molecule has 0 aliphatic rings. The lowest BCUT2D eigenvalue weighted by Gasteiger charge is -2.25. The van der Waals surface area contributed by atoms with Crippen molar-refractivity contribution in [3.8, 4) is 0 Å². The monoisotopic (exact) mass is 144 g/mol. The molecule has 0 aromatic carbocycles. The van der Waals surface area contributed by atoms with E-state index in [-0.39, 0.29) is 5.41 Å². The Morgan fingerprint density at radius 2 is 1.70 bits per heavy atom. The molecule has 0 rings (SSSR count). The Kier molecular flexibility index (Phi) is 2.69. The Balaban J connectivity index is 4.40. The number of rotatable bonds is 0. The van der Waals surface area contributed by atoms with Crippen LogP contribution < -0.4 is 0 Å². The largest absolute Gasteiger partial charge is 0.409 e. The number of amidine groups is 1. The van der Waals surface area contributed by atoms with Gasteiger partial charge in [-0.05, 0) is 0 Å². The first-order valence-corrected chi connectivity index (χ1v) is 3.29. The molecule has 0 aliphatic heterocycles. The van der Waals surface area contributed by atoms with E-state index < -0.39 is 0 Å². The zero-order valence-electron chi connectivity index (χ0n) is 7.34. The summed E-state index contributed by atoms with van der Waals surface area (Å²) >= 11 is 0. The Labute approximate surface area is 62.3 Å². The summed E-state index contributed by atoms with van der Waals surface area (Å²) in [7, 11) is 3.72. The van der Waals surface area contributed by atoms with Gasteiger partial charge in [-0.15, -0.1) is 0 Å². The van der Waals surface area contributed by atoms with Crippen LogP contribution in [0.3, 0.4) is 0 Å². The molecule has 0 atom stereocenters. The molecule has 0 radical (unpaired) electrons. The van der Waals surface area contributed by atoms with E-state index in [4.69, 9.17) is 5.21 Å². The van der Waals surface area contributed by atoms with Crippen molar-refractivity contribution in [2.45, 2.75) is 20.8 Å². The van der Waals surface area contributed by atoms with Gasteiger partial charge in [-0.3, -0.25) is 0 Å². The predicted octanol–water partition coefficient (Wildman–Crippen LogP) is 1.38. The molecule has 0 saturated heterocycles. The Morgan fingerprint density at radius 1 is 1.30 bits per heavy atom. The van der Waals surface area contributed by atoms with Crippen LogP contribution in [0.4, 0.5) is 0 Å². The molecule has 3 nitrogen and oxygen atoms in total. The van der Waals surface area contributed by atoms with Crippen molar-refractivity contribution in [3.63, 3.8) is 0 Å². The van der Waals surface area contributed by atoms with Crippen LogP contribution in [-0.4, -0.2) is 30.0 Å². The highest BCUT2D eigenvalue weighted by Crippen LogP contribution is 2.16. The molecule has 0 heterocycles. The van der Waals surface area contributed by atoms with Gasteiger partial charge in [0.05, 0.1) is 0 Å². The maximum Gasteiger partial charge on any atom is 0.149 e. The molecular weight excluding hydrogens is 128 g/mol. The molecule has 1 N–H and O–H groups in total. The average Bonchev–Trinajstić information content (AvgIpc) is 1.60. The van der Waals surface area contributed by atoms with E-state index in [2.05, 4.69) is 5.16 Å². The summed E-state index contributed by atoms with van der Waals surface area (Å²) in [6, 6.07) is 0. The Bertz CT molecular complexity index is 133. The quantitative estimate of drug-likeness (QED) is 0.241. The second kappa shape index (κ2) is 2.90. The van der Waals surface area contributed by atoms with Gasteiger partial charge in [0.2, 0.25) is 0 Å². The van der Waals surface area contributed by atoms with Crippen LogP contribution in [0.25, 0.3) is 0 Å². The average molecular weight is 144 g/mol. The second-order valence-corrected chi connectivity index (χ2v) is 3.57. The number of hydrogen-bond acceptors (Lipinski definition) is 2. The summed E-state index contributed by atoms with van der Waals surface area (Å²) in [6.07, 6.45) is 0. The minimum Gasteiger partial charge on any atom is -0.409 e. The van der Waals surface area contributed by atoms with Gasteiger partial charge in [0, 0.05) is 19.5 Å². The van der Waals surface area contributed by atoms with E-state index in [1.165, 1.54) is 0 Å². The first-order chi connectivity index (χ1) is 4.39. The van der Waals surface area contributed by atoms with Gasteiger partial charge in [-0.25, -0.2) is 0 Å². The fourth-order valence-electron chi connectivity index (χ4n) is 0.910. The van der Waals surface area contributed by atoms with Crippen molar-refractivity contribution >= 4 is 5.84 Å².